The molecule has 0 aromatic carbocycles. The summed E-state index contributed by atoms with van der Waals surface area (Å²) in [4.78, 5) is 35.8. The maximum Gasteiger partial charge on any atom is 0.331 e. The number of urea groups is 1. The van der Waals surface area contributed by atoms with Gasteiger partial charge in [0, 0.05) is 19.3 Å². The van der Waals surface area contributed by atoms with E-state index < -0.39 is 0 Å². The molecule has 0 radical (unpaired) electrons. The van der Waals surface area contributed by atoms with Crippen molar-refractivity contribution in [1.29, 1.82) is 0 Å². The summed E-state index contributed by atoms with van der Waals surface area (Å²) in [5.74, 6) is 0.607. The lowest BCUT2D eigenvalue weighted by Gasteiger charge is -2.20. The maximum atomic E-state index is 12.5. The third kappa shape index (κ3) is 4.10. The molecule has 1 aliphatic rings. The van der Waals surface area contributed by atoms with Crippen molar-refractivity contribution in [1.82, 2.24) is 34.5 Å². The van der Waals surface area contributed by atoms with Gasteiger partial charge in [-0.05, 0) is 39.3 Å². The van der Waals surface area contributed by atoms with Crippen LogP contribution >= 0.6 is 23.2 Å². The first-order valence-electron chi connectivity index (χ1n) is 9.29. The molecule has 1 fully saturated rings. The zero-order valence-corrected chi connectivity index (χ0v) is 18.7. The standard InChI is InChI=1S/C18H22Cl2N8O2/c1-6-12(28-8-13(29)26(5)18(28)30)16-22-11(7-27(16)9(2)3)10(4)21-15-14(19)24-25-17(20)23-15/h6-7,9-10H,8H2,1-5H3,(H,21,23,25)/b12-6+/t10-/m1/s1. The number of imidazole rings is 1. The quantitative estimate of drug-likeness (QED) is 0.668. The highest BCUT2D eigenvalue weighted by Gasteiger charge is 2.37. The zero-order valence-electron chi connectivity index (χ0n) is 17.2. The average Bonchev–Trinajstić information content (AvgIpc) is 3.24. The second kappa shape index (κ2) is 8.57. The SMILES string of the molecule is C/C=C(\c1nc([C@@H](C)Nc2nc(Cl)nnc2Cl)cn1C(C)C)N1CC(=O)N(C)C1=O. The van der Waals surface area contributed by atoms with Gasteiger partial charge in [-0.3, -0.25) is 14.6 Å². The minimum absolute atomic E-state index is 0.0240. The predicted molar refractivity (Wildman–Crippen MR) is 113 cm³/mol. The van der Waals surface area contributed by atoms with E-state index >= 15 is 0 Å². The summed E-state index contributed by atoms with van der Waals surface area (Å²) < 4.78 is 1.95. The molecule has 0 bridgehead atoms. The molecule has 0 spiro atoms. The molecule has 1 N–H and O–H groups in total. The second-order valence-corrected chi connectivity index (χ2v) is 7.77. The lowest BCUT2D eigenvalue weighted by molar-refractivity contribution is -0.124. The Hall–Kier alpha value is -2.72. The van der Waals surface area contributed by atoms with Crippen LogP contribution in [0.5, 0.6) is 0 Å². The highest BCUT2D eigenvalue weighted by Crippen LogP contribution is 2.29. The molecule has 0 aliphatic carbocycles. The average molecular weight is 453 g/mol. The van der Waals surface area contributed by atoms with Gasteiger partial charge in [-0.2, -0.15) is 4.98 Å². The van der Waals surface area contributed by atoms with E-state index in [1.165, 1.54) is 11.9 Å². The first-order chi connectivity index (χ1) is 14.1. The number of nitrogens with one attached hydrogen (secondary N) is 1. The fraction of sp³-hybridized carbons (Fsp3) is 0.444. The van der Waals surface area contributed by atoms with Crippen LogP contribution in [0.2, 0.25) is 10.4 Å². The van der Waals surface area contributed by atoms with Crippen LogP contribution in [-0.4, -0.2) is 60.1 Å². The number of allylic oxidation sites excluding steroid dienone is 1. The van der Waals surface area contributed by atoms with Gasteiger partial charge in [0.05, 0.1) is 17.4 Å². The Morgan fingerprint density at radius 2 is 1.90 bits per heavy atom. The summed E-state index contributed by atoms with van der Waals surface area (Å²) in [6, 6.07) is -0.619. The molecule has 160 valence electrons. The molecule has 1 saturated heterocycles. The van der Waals surface area contributed by atoms with Gasteiger partial charge < -0.3 is 9.88 Å². The third-order valence-corrected chi connectivity index (χ3v) is 5.12. The largest absolute Gasteiger partial charge is 0.359 e. The first kappa shape index (κ1) is 22.0. The summed E-state index contributed by atoms with van der Waals surface area (Å²) in [5, 5.41) is 10.5. The van der Waals surface area contributed by atoms with Crippen molar-refractivity contribution in [2.24, 2.45) is 0 Å². The molecule has 0 unspecified atom stereocenters. The van der Waals surface area contributed by atoms with E-state index in [9.17, 15) is 9.59 Å². The molecule has 3 rings (SSSR count). The van der Waals surface area contributed by atoms with Crippen molar-refractivity contribution in [2.45, 2.75) is 39.8 Å². The number of likely N-dealkylation sites (N-methyl/N-ethyl adjacent to an activating group) is 1. The van der Waals surface area contributed by atoms with E-state index in [2.05, 4.69) is 20.5 Å². The van der Waals surface area contributed by atoms with Gasteiger partial charge in [-0.1, -0.05) is 17.7 Å². The Morgan fingerprint density at radius 1 is 1.20 bits per heavy atom. The Kier molecular flexibility index (Phi) is 6.27. The fourth-order valence-electron chi connectivity index (χ4n) is 3.06. The molecule has 0 saturated carbocycles. The number of imide groups is 1. The minimum Gasteiger partial charge on any atom is -0.359 e. The van der Waals surface area contributed by atoms with Crippen molar-refractivity contribution < 1.29 is 9.59 Å². The number of nitrogens with zero attached hydrogens (tertiary/aromatic N) is 7. The Bertz CT molecular complexity index is 1020. The topological polar surface area (TPSA) is 109 Å². The molecule has 12 heteroatoms. The van der Waals surface area contributed by atoms with Gasteiger partial charge in [-0.25, -0.2) is 9.78 Å². The van der Waals surface area contributed by atoms with Gasteiger partial charge in [0.1, 0.15) is 6.54 Å². The van der Waals surface area contributed by atoms with Crippen LogP contribution in [0.3, 0.4) is 0 Å². The monoisotopic (exact) mass is 452 g/mol. The van der Waals surface area contributed by atoms with E-state index in [4.69, 9.17) is 28.2 Å². The third-order valence-electron chi connectivity index (χ3n) is 4.70. The highest BCUT2D eigenvalue weighted by atomic mass is 35.5. The number of hydrogen-bond donors (Lipinski definition) is 1. The van der Waals surface area contributed by atoms with E-state index in [-0.39, 0.29) is 46.8 Å². The van der Waals surface area contributed by atoms with Crippen molar-refractivity contribution in [3.05, 3.63) is 34.2 Å². The van der Waals surface area contributed by atoms with E-state index in [0.29, 0.717) is 17.2 Å². The Labute approximate surface area is 183 Å². The number of anilines is 1. The van der Waals surface area contributed by atoms with E-state index in [1.54, 1.807) is 13.0 Å². The van der Waals surface area contributed by atoms with Crippen LogP contribution in [0, 0.1) is 0 Å². The van der Waals surface area contributed by atoms with Crippen molar-refractivity contribution in [3.8, 4) is 0 Å². The van der Waals surface area contributed by atoms with Crippen LogP contribution in [0.1, 0.15) is 51.3 Å². The number of carbonyl (C=O) groups excluding carboxylic acids is 2. The van der Waals surface area contributed by atoms with Crippen LogP contribution in [0.4, 0.5) is 10.6 Å². The molecule has 10 nitrogen and oxygen atoms in total. The lowest BCUT2D eigenvalue weighted by Crippen LogP contribution is -2.30. The molecule has 2 aromatic rings. The summed E-state index contributed by atoms with van der Waals surface area (Å²) in [5.41, 5.74) is 1.25. The van der Waals surface area contributed by atoms with E-state index in [0.717, 1.165) is 4.90 Å². The molecule has 1 aliphatic heterocycles. The van der Waals surface area contributed by atoms with Gasteiger partial charge in [-0.15, -0.1) is 10.2 Å². The Balaban J connectivity index is 1.96. The molecular weight excluding hydrogens is 431 g/mol. The number of hydrogen-bond acceptors (Lipinski definition) is 7. The number of carbonyl (C=O) groups is 2. The molecule has 1 atom stereocenters. The summed E-state index contributed by atoms with van der Waals surface area (Å²) in [6.07, 6.45) is 3.66. The maximum absolute atomic E-state index is 12.5. The van der Waals surface area contributed by atoms with Crippen molar-refractivity contribution in [2.75, 3.05) is 18.9 Å². The molecule has 2 aromatic heterocycles. The van der Waals surface area contributed by atoms with Gasteiger partial charge in [0.25, 0.3) is 0 Å². The second-order valence-electron chi connectivity index (χ2n) is 7.07. The smallest absolute Gasteiger partial charge is 0.331 e. The van der Waals surface area contributed by atoms with Gasteiger partial charge in [0.2, 0.25) is 11.2 Å². The van der Waals surface area contributed by atoms with Crippen molar-refractivity contribution >= 4 is 46.7 Å². The number of aromatic nitrogens is 5. The summed E-state index contributed by atoms with van der Waals surface area (Å²) in [7, 11) is 1.47. The van der Waals surface area contributed by atoms with Gasteiger partial charge in [0.15, 0.2) is 16.8 Å². The number of rotatable bonds is 6. The van der Waals surface area contributed by atoms with Crippen LogP contribution in [0.25, 0.3) is 5.70 Å². The fourth-order valence-corrected chi connectivity index (χ4v) is 3.32. The molecule has 3 heterocycles. The van der Waals surface area contributed by atoms with E-state index in [1.807, 2.05) is 31.5 Å². The molecule has 30 heavy (non-hydrogen) atoms. The zero-order chi connectivity index (χ0) is 22.2. The van der Waals surface area contributed by atoms with Crippen LogP contribution < -0.4 is 5.32 Å². The molecular formula is C18H22Cl2N8O2. The summed E-state index contributed by atoms with van der Waals surface area (Å²) >= 11 is 11.9. The number of halogens is 2. The predicted octanol–water partition coefficient (Wildman–Crippen LogP) is 3.38. The van der Waals surface area contributed by atoms with Crippen LogP contribution in [0.15, 0.2) is 12.3 Å². The van der Waals surface area contributed by atoms with Gasteiger partial charge >= 0.3 is 6.03 Å². The highest BCUT2D eigenvalue weighted by molar-refractivity contribution is 6.32. The van der Waals surface area contributed by atoms with Crippen molar-refractivity contribution in [3.63, 3.8) is 0 Å². The Morgan fingerprint density at radius 3 is 2.47 bits per heavy atom. The van der Waals surface area contributed by atoms with Crippen LogP contribution in [-0.2, 0) is 4.79 Å². The normalized spacial score (nSPS) is 16.1. The number of amides is 3. The minimum atomic E-state index is -0.382. The summed E-state index contributed by atoms with van der Waals surface area (Å²) in [6.45, 7) is 7.68. The first-order valence-corrected chi connectivity index (χ1v) is 10.0. The lowest BCUT2D eigenvalue weighted by atomic mass is 10.2. The molecule has 3 amide bonds.